The highest BCUT2D eigenvalue weighted by Gasteiger charge is 2.20. The number of rotatable bonds is 4. The largest absolute Gasteiger partial charge is 0.347 e. The van der Waals surface area contributed by atoms with Gasteiger partial charge in [-0.2, -0.15) is 0 Å². The van der Waals surface area contributed by atoms with Crippen LogP contribution in [0.25, 0.3) is 21.2 Å². The lowest BCUT2D eigenvalue weighted by molar-refractivity contribution is 0.0916. The summed E-state index contributed by atoms with van der Waals surface area (Å²) in [6.07, 6.45) is 3.08. The van der Waals surface area contributed by atoms with Crippen molar-refractivity contribution in [3.05, 3.63) is 58.5 Å². The third-order valence-corrected chi connectivity index (χ3v) is 6.60. The predicted octanol–water partition coefficient (Wildman–Crippen LogP) is 4.51. The zero-order valence-electron chi connectivity index (χ0n) is 16.2. The van der Waals surface area contributed by atoms with Crippen LogP contribution in [-0.4, -0.2) is 43.3 Å². The minimum Gasteiger partial charge on any atom is -0.347 e. The molecule has 0 radical (unpaired) electrons. The molecule has 5 heteroatoms. The summed E-state index contributed by atoms with van der Waals surface area (Å²) in [6, 6.07) is 14.3. The number of piperidine rings is 1. The number of thiophene rings is 1. The van der Waals surface area contributed by atoms with Crippen LogP contribution in [0.1, 0.15) is 38.4 Å². The molecule has 2 aromatic carbocycles. The highest BCUT2D eigenvalue weighted by Crippen LogP contribution is 2.32. The van der Waals surface area contributed by atoms with Crippen LogP contribution >= 0.6 is 11.3 Å². The maximum Gasteiger partial charge on any atom is 0.261 e. The number of nitrogens with zero attached hydrogens (tertiary/aromatic N) is 1. The van der Waals surface area contributed by atoms with E-state index in [0.717, 1.165) is 69.4 Å². The second-order valence-electron chi connectivity index (χ2n) is 7.59. The van der Waals surface area contributed by atoms with Gasteiger partial charge in [-0.25, -0.2) is 0 Å². The molecule has 1 aliphatic heterocycles. The van der Waals surface area contributed by atoms with Gasteiger partial charge >= 0.3 is 0 Å². The predicted molar refractivity (Wildman–Crippen MR) is 115 cm³/mol. The first-order valence-electron chi connectivity index (χ1n) is 9.63. The van der Waals surface area contributed by atoms with Crippen molar-refractivity contribution in [1.29, 1.82) is 0 Å². The Morgan fingerprint density at radius 1 is 1.21 bits per heavy atom. The third kappa shape index (κ3) is 3.73. The minimum absolute atomic E-state index is 0.0104. The molecule has 1 amide bonds. The molecule has 28 heavy (non-hydrogen) atoms. The Hall–Kier alpha value is -2.50. The van der Waals surface area contributed by atoms with E-state index in [9.17, 15) is 9.59 Å². The van der Waals surface area contributed by atoms with Crippen molar-refractivity contribution in [3.8, 4) is 10.4 Å². The fourth-order valence-corrected chi connectivity index (χ4v) is 4.83. The van der Waals surface area contributed by atoms with Gasteiger partial charge in [0.15, 0.2) is 6.29 Å². The SMILES string of the molecule is Cc1ccc2cc(-c3ccc(C(=O)NC4CCCN(C)C4)s3)ccc2c1C=O. The number of likely N-dealkylation sites (N-methyl/N-ethyl adjacent to an activating group) is 1. The second-order valence-corrected chi connectivity index (χ2v) is 8.67. The summed E-state index contributed by atoms with van der Waals surface area (Å²) in [5.74, 6) is 0.0104. The summed E-state index contributed by atoms with van der Waals surface area (Å²) in [5, 5.41) is 5.18. The number of aryl methyl sites for hydroxylation is 1. The molecule has 1 fully saturated rings. The smallest absolute Gasteiger partial charge is 0.261 e. The first-order chi connectivity index (χ1) is 13.5. The highest BCUT2D eigenvalue weighted by molar-refractivity contribution is 7.17. The molecule has 4 nitrogen and oxygen atoms in total. The summed E-state index contributed by atoms with van der Waals surface area (Å²) in [7, 11) is 2.10. The molecule has 3 aromatic rings. The molecule has 1 saturated heterocycles. The standard InChI is InChI=1S/C23H24N2O2S/c1-15-5-6-16-12-17(7-8-19(16)20(15)14-26)21-9-10-22(28-21)23(27)24-18-4-3-11-25(2)13-18/h5-10,12,14,18H,3-4,11,13H2,1-2H3,(H,24,27). The number of benzene rings is 2. The molecule has 0 spiro atoms. The molecular weight excluding hydrogens is 368 g/mol. The van der Waals surface area contributed by atoms with Gasteiger partial charge in [-0.15, -0.1) is 11.3 Å². The van der Waals surface area contributed by atoms with Crippen LogP contribution < -0.4 is 5.32 Å². The molecule has 0 aliphatic carbocycles. The van der Waals surface area contributed by atoms with Gasteiger partial charge in [-0.05, 0) is 73.5 Å². The van der Waals surface area contributed by atoms with E-state index in [1.807, 2.05) is 43.3 Å². The van der Waals surface area contributed by atoms with Crippen molar-refractivity contribution >= 4 is 34.3 Å². The van der Waals surface area contributed by atoms with Crippen molar-refractivity contribution < 1.29 is 9.59 Å². The van der Waals surface area contributed by atoms with E-state index in [-0.39, 0.29) is 11.9 Å². The van der Waals surface area contributed by atoms with Gasteiger partial charge < -0.3 is 10.2 Å². The first-order valence-corrected chi connectivity index (χ1v) is 10.4. The Labute approximate surface area is 169 Å². The van der Waals surface area contributed by atoms with Gasteiger partial charge in [0.05, 0.1) is 4.88 Å². The number of likely N-dealkylation sites (tertiary alicyclic amines) is 1. The van der Waals surface area contributed by atoms with Crippen LogP contribution in [0, 0.1) is 6.92 Å². The van der Waals surface area contributed by atoms with E-state index >= 15 is 0 Å². The summed E-state index contributed by atoms with van der Waals surface area (Å²) in [6.45, 7) is 3.96. The van der Waals surface area contributed by atoms with Gasteiger partial charge in [-0.3, -0.25) is 9.59 Å². The molecular formula is C23H24N2O2S. The number of fused-ring (bicyclic) bond motifs is 1. The number of aldehydes is 1. The van der Waals surface area contributed by atoms with Gasteiger partial charge in [0.25, 0.3) is 5.91 Å². The molecule has 0 bridgehead atoms. The fraction of sp³-hybridized carbons (Fsp3) is 0.304. The number of nitrogens with one attached hydrogen (secondary N) is 1. The molecule has 2 heterocycles. The number of hydrogen-bond acceptors (Lipinski definition) is 4. The summed E-state index contributed by atoms with van der Waals surface area (Å²) in [5.41, 5.74) is 2.79. The number of hydrogen-bond donors (Lipinski definition) is 1. The lowest BCUT2D eigenvalue weighted by Gasteiger charge is -2.30. The highest BCUT2D eigenvalue weighted by atomic mass is 32.1. The maximum absolute atomic E-state index is 12.6. The Morgan fingerprint density at radius 3 is 2.86 bits per heavy atom. The Bertz CT molecular complexity index is 1040. The van der Waals surface area contributed by atoms with Crippen LogP contribution in [0.15, 0.2) is 42.5 Å². The summed E-state index contributed by atoms with van der Waals surface area (Å²) < 4.78 is 0. The molecule has 1 atom stereocenters. The van der Waals surface area contributed by atoms with E-state index in [0.29, 0.717) is 0 Å². The number of carbonyl (C=O) groups excluding carboxylic acids is 2. The minimum atomic E-state index is 0.0104. The monoisotopic (exact) mass is 392 g/mol. The zero-order valence-corrected chi connectivity index (χ0v) is 17.0. The molecule has 4 rings (SSSR count). The Balaban J connectivity index is 1.56. The van der Waals surface area contributed by atoms with Crippen molar-refractivity contribution in [1.82, 2.24) is 10.2 Å². The average molecular weight is 393 g/mol. The molecule has 1 aromatic heterocycles. The normalized spacial score (nSPS) is 17.6. The van der Waals surface area contributed by atoms with E-state index in [1.54, 1.807) is 0 Å². The lowest BCUT2D eigenvalue weighted by atomic mass is 9.98. The summed E-state index contributed by atoms with van der Waals surface area (Å²) in [4.78, 5) is 28.1. The van der Waals surface area contributed by atoms with Gasteiger partial charge in [0, 0.05) is 23.0 Å². The quantitative estimate of drug-likeness (QED) is 0.665. The number of carbonyl (C=O) groups is 2. The molecule has 1 aliphatic rings. The van der Waals surface area contributed by atoms with E-state index in [1.165, 1.54) is 11.3 Å². The van der Waals surface area contributed by atoms with Gasteiger partial charge in [-0.1, -0.05) is 24.3 Å². The maximum atomic E-state index is 12.6. The Morgan fingerprint density at radius 2 is 2.07 bits per heavy atom. The van der Waals surface area contributed by atoms with Crippen LogP contribution in [-0.2, 0) is 0 Å². The zero-order chi connectivity index (χ0) is 19.7. The first kappa shape index (κ1) is 18.8. The molecule has 1 N–H and O–H groups in total. The fourth-order valence-electron chi connectivity index (χ4n) is 3.93. The molecule has 0 saturated carbocycles. The topological polar surface area (TPSA) is 49.4 Å². The molecule has 144 valence electrons. The van der Waals surface area contributed by atoms with E-state index in [4.69, 9.17) is 0 Å². The number of amides is 1. The summed E-state index contributed by atoms with van der Waals surface area (Å²) >= 11 is 1.51. The molecule has 1 unspecified atom stereocenters. The van der Waals surface area contributed by atoms with Gasteiger partial charge in [0.1, 0.15) is 0 Å². The third-order valence-electron chi connectivity index (χ3n) is 5.47. The lowest BCUT2D eigenvalue weighted by Crippen LogP contribution is -2.46. The van der Waals surface area contributed by atoms with Crippen molar-refractivity contribution in [2.24, 2.45) is 0 Å². The van der Waals surface area contributed by atoms with Crippen molar-refractivity contribution in [3.63, 3.8) is 0 Å². The van der Waals surface area contributed by atoms with Crippen LogP contribution in [0.3, 0.4) is 0 Å². The Kier molecular flexibility index (Phi) is 5.29. The second kappa shape index (κ2) is 7.86. The van der Waals surface area contributed by atoms with Crippen LogP contribution in [0.4, 0.5) is 0 Å². The van der Waals surface area contributed by atoms with Crippen molar-refractivity contribution in [2.45, 2.75) is 25.8 Å². The van der Waals surface area contributed by atoms with E-state index < -0.39 is 0 Å². The van der Waals surface area contributed by atoms with Gasteiger partial charge in [0.2, 0.25) is 0 Å². The van der Waals surface area contributed by atoms with Crippen LogP contribution in [0.5, 0.6) is 0 Å². The van der Waals surface area contributed by atoms with Crippen molar-refractivity contribution in [2.75, 3.05) is 20.1 Å². The van der Waals surface area contributed by atoms with E-state index in [2.05, 4.69) is 23.3 Å². The average Bonchev–Trinajstić information content (AvgIpc) is 3.18. The van der Waals surface area contributed by atoms with Crippen LogP contribution in [0.2, 0.25) is 0 Å².